The van der Waals surface area contributed by atoms with Crippen molar-refractivity contribution in [3.63, 3.8) is 0 Å². The number of phenols is 1. The highest BCUT2D eigenvalue weighted by atomic mass is 16.5. The predicted octanol–water partition coefficient (Wildman–Crippen LogP) is 6.06. The van der Waals surface area contributed by atoms with Gasteiger partial charge in [0.1, 0.15) is 5.75 Å². The zero-order chi connectivity index (χ0) is 19.5. The molecule has 0 saturated carbocycles. The van der Waals surface area contributed by atoms with Crippen molar-refractivity contribution in [1.29, 1.82) is 0 Å². The van der Waals surface area contributed by atoms with Crippen LogP contribution in [-0.4, -0.2) is 17.7 Å². The topological polar surface area (TPSA) is 46.5 Å². The molecule has 1 aromatic carbocycles. The summed E-state index contributed by atoms with van der Waals surface area (Å²) in [5, 5.41) is 10.7. The molecule has 0 amide bonds. The van der Waals surface area contributed by atoms with Crippen LogP contribution in [-0.2, 0) is 4.74 Å². The minimum absolute atomic E-state index is 0.0220. The van der Waals surface area contributed by atoms with E-state index in [-0.39, 0.29) is 11.2 Å². The summed E-state index contributed by atoms with van der Waals surface area (Å²) >= 11 is 0. The zero-order valence-corrected chi connectivity index (χ0v) is 16.6. The second-order valence-electron chi connectivity index (χ2n) is 7.61. The van der Waals surface area contributed by atoms with Crippen LogP contribution in [0.2, 0.25) is 0 Å². The first-order valence-electron chi connectivity index (χ1n) is 9.27. The van der Waals surface area contributed by atoms with Crippen molar-refractivity contribution in [2.45, 2.75) is 53.9 Å². The summed E-state index contributed by atoms with van der Waals surface area (Å²) in [7, 11) is 0. The number of carbonyl (C=O) groups excluding carboxylic acids is 1. The molecule has 0 atom stereocenters. The van der Waals surface area contributed by atoms with E-state index in [1.165, 1.54) is 23.6 Å². The van der Waals surface area contributed by atoms with E-state index in [0.717, 1.165) is 29.6 Å². The van der Waals surface area contributed by atoms with Crippen molar-refractivity contribution < 1.29 is 14.6 Å². The van der Waals surface area contributed by atoms with E-state index in [1.807, 2.05) is 19.1 Å². The lowest BCUT2D eigenvalue weighted by molar-refractivity contribution is 0.0526. The van der Waals surface area contributed by atoms with Gasteiger partial charge in [0.15, 0.2) is 0 Å². The molecule has 0 unspecified atom stereocenters. The fraction of sp³-hybridized carbons (Fsp3) is 0.435. The van der Waals surface area contributed by atoms with E-state index in [2.05, 4.69) is 27.4 Å². The molecule has 2 rings (SSSR count). The van der Waals surface area contributed by atoms with Crippen molar-refractivity contribution in [3.05, 3.63) is 58.7 Å². The van der Waals surface area contributed by atoms with Gasteiger partial charge in [0, 0.05) is 5.56 Å². The molecule has 140 valence electrons. The first-order valence-corrected chi connectivity index (χ1v) is 9.27. The Kier molecular flexibility index (Phi) is 6.12. The summed E-state index contributed by atoms with van der Waals surface area (Å²) in [5.74, 6) is -0.331. The van der Waals surface area contributed by atoms with Crippen molar-refractivity contribution >= 4 is 11.5 Å². The van der Waals surface area contributed by atoms with Crippen molar-refractivity contribution in [3.8, 4) is 5.75 Å². The quantitative estimate of drug-likeness (QED) is 0.517. The third kappa shape index (κ3) is 3.92. The van der Waals surface area contributed by atoms with Crippen LogP contribution in [0, 0.1) is 5.41 Å². The summed E-state index contributed by atoms with van der Waals surface area (Å²) in [6, 6.07) is 5.03. The van der Waals surface area contributed by atoms with Crippen molar-refractivity contribution in [2.75, 3.05) is 6.61 Å². The van der Waals surface area contributed by atoms with E-state index in [1.54, 1.807) is 13.0 Å². The number of hydrogen-bond acceptors (Lipinski definition) is 3. The average Bonchev–Trinajstić information content (AvgIpc) is 2.58. The van der Waals surface area contributed by atoms with Gasteiger partial charge in [-0.25, -0.2) is 4.79 Å². The molecule has 0 spiro atoms. The molecule has 3 nitrogen and oxygen atoms in total. The van der Waals surface area contributed by atoms with Crippen LogP contribution < -0.4 is 0 Å². The van der Waals surface area contributed by atoms with Crippen molar-refractivity contribution in [2.24, 2.45) is 5.41 Å². The van der Waals surface area contributed by atoms with Crippen LogP contribution in [0.4, 0.5) is 0 Å². The fourth-order valence-electron chi connectivity index (χ4n) is 3.91. The summed E-state index contributed by atoms with van der Waals surface area (Å²) in [6.07, 6.45) is 5.18. The molecular formula is C23H30O3. The van der Waals surface area contributed by atoms with Crippen LogP contribution in [0.1, 0.15) is 69.8 Å². The first-order chi connectivity index (χ1) is 12.2. The van der Waals surface area contributed by atoms with Crippen LogP contribution in [0.25, 0.3) is 5.57 Å². The van der Waals surface area contributed by atoms with Gasteiger partial charge in [0.05, 0.1) is 12.2 Å². The maximum absolute atomic E-state index is 12.0. The van der Waals surface area contributed by atoms with Gasteiger partial charge in [-0.1, -0.05) is 32.1 Å². The van der Waals surface area contributed by atoms with E-state index in [0.29, 0.717) is 12.2 Å². The van der Waals surface area contributed by atoms with Gasteiger partial charge in [0.2, 0.25) is 0 Å². The number of hydrogen-bond donors (Lipinski definition) is 1. The highest BCUT2D eigenvalue weighted by Gasteiger charge is 2.32. The highest BCUT2D eigenvalue weighted by Crippen LogP contribution is 2.49. The normalized spacial score (nSPS) is 17.6. The Labute approximate surface area is 157 Å². The first kappa shape index (κ1) is 20.0. The van der Waals surface area contributed by atoms with Gasteiger partial charge in [-0.3, -0.25) is 0 Å². The molecule has 0 saturated heterocycles. The molecule has 0 aromatic heterocycles. The lowest BCUT2D eigenvalue weighted by atomic mass is 9.68. The Balaban J connectivity index is 2.64. The molecular weight excluding hydrogens is 324 g/mol. The summed E-state index contributed by atoms with van der Waals surface area (Å²) in [6.45, 7) is 14.7. The van der Waals surface area contributed by atoms with Crippen LogP contribution in [0.15, 0.2) is 47.6 Å². The van der Waals surface area contributed by atoms with Gasteiger partial charge in [0.25, 0.3) is 0 Å². The molecule has 0 bridgehead atoms. The Morgan fingerprint density at radius 1 is 1.38 bits per heavy atom. The van der Waals surface area contributed by atoms with Gasteiger partial charge in [-0.05, 0) is 80.4 Å². The SMILES string of the molecule is C=C/C(C)=C(\C1=C(C)CCCC1(C)C)c1ccc(C(=O)OCC)cc1O. The number of carbonyl (C=O) groups is 1. The van der Waals surface area contributed by atoms with E-state index >= 15 is 0 Å². The van der Waals surface area contributed by atoms with Crippen LogP contribution >= 0.6 is 0 Å². The second kappa shape index (κ2) is 7.94. The van der Waals surface area contributed by atoms with E-state index in [4.69, 9.17) is 4.74 Å². The number of aromatic hydroxyl groups is 1. The average molecular weight is 354 g/mol. The molecule has 0 aliphatic heterocycles. The van der Waals surface area contributed by atoms with Gasteiger partial charge in [-0.2, -0.15) is 0 Å². The van der Waals surface area contributed by atoms with Crippen LogP contribution in [0.5, 0.6) is 5.75 Å². The Bertz CT molecular complexity index is 779. The minimum atomic E-state index is -0.422. The molecule has 26 heavy (non-hydrogen) atoms. The molecule has 1 N–H and O–H groups in total. The fourth-order valence-corrected chi connectivity index (χ4v) is 3.91. The molecule has 1 aliphatic carbocycles. The Morgan fingerprint density at radius 2 is 2.08 bits per heavy atom. The Hall–Kier alpha value is -2.29. The molecule has 1 aliphatic rings. The van der Waals surface area contributed by atoms with Crippen molar-refractivity contribution in [1.82, 2.24) is 0 Å². The predicted molar refractivity (Wildman–Crippen MR) is 107 cm³/mol. The van der Waals surface area contributed by atoms with Crippen LogP contribution in [0.3, 0.4) is 0 Å². The van der Waals surface area contributed by atoms with E-state index < -0.39 is 5.97 Å². The molecule has 0 fully saturated rings. The third-order valence-electron chi connectivity index (χ3n) is 5.19. The summed E-state index contributed by atoms with van der Waals surface area (Å²) in [5.41, 5.74) is 5.79. The number of esters is 1. The maximum atomic E-state index is 12.0. The number of allylic oxidation sites excluding steroid dienone is 5. The molecule has 0 heterocycles. The van der Waals surface area contributed by atoms with Gasteiger partial charge < -0.3 is 9.84 Å². The number of ether oxygens (including phenoxy) is 1. The standard InChI is InChI=1S/C23H30O3/c1-7-15(3)20(21-16(4)10-9-13-23(21,5)6)18-12-11-17(14-19(18)24)22(25)26-8-2/h7,11-12,14,24H,1,8-10,13H2,2-6H3/b20-15-. The van der Waals surface area contributed by atoms with Gasteiger partial charge >= 0.3 is 5.97 Å². The maximum Gasteiger partial charge on any atom is 0.338 e. The van der Waals surface area contributed by atoms with Gasteiger partial charge in [-0.15, -0.1) is 0 Å². The Morgan fingerprint density at radius 3 is 2.62 bits per heavy atom. The smallest absolute Gasteiger partial charge is 0.338 e. The molecule has 0 radical (unpaired) electrons. The highest BCUT2D eigenvalue weighted by molar-refractivity contribution is 5.93. The number of rotatable bonds is 5. The number of phenolic OH excluding ortho intramolecular Hbond substituents is 1. The summed E-state index contributed by atoms with van der Waals surface area (Å²) < 4.78 is 5.03. The lowest BCUT2D eigenvalue weighted by Gasteiger charge is -2.37. The third-order valence-corrected chi connectivity index (χ3v) is 5.19. The lowest BCUT2D eigenvalue weighted by Crippen LogP contribution is -2.22. The number of benzene rings is 1. The monoisotopic (exact) mass is 354 g/mol. The molecule has 3 heteroatoms. The zero-order valence-electron chi connectivity index (χ0n) is 16.6. The summed E-state index contributed by atoms with van der Waals surface area (Å²) in [4.78, 5) is 12.0. The largest absolute Gasteiger partial charge is 0.507 e. The second-order valence-corrected chi connectivity index (χ2v) is 7.61. The molecule has 1 aromatic rings. The minimum Gasteiger partial charge on any atom is -0.507 e. The van der Waals surface area contributed by atoms with E-state index in [9.17, 15) is 9.90 Å².